The number of nitrogens with zero attached hydrogens (tertiary/aromatic N) is 2. The maximum atomic E-state index is 12.2. The van der Waals surface area contributed by atoms with Crippen LogP contribution in [0.15, 0.2) is 53.3 Å². The Kier molecular flexibility index (Phi) is 4.14. The Balaban J connectivity index is 1.46. The molecule has 1 aromatic heterocycles. The lowest BCUT2D eigenvalue weighted by Gasteiger charge is -2.33. The Hall–Kier alpha value is -2.82. The molecule has 1 fully saturated rings. The largest absolute Gasteiger partial charge is 0.382 e. The van der Waals surface area contributed by atoms with Crippen molar-refractivity contribution >= 4 is 22.5 Å². The van der Waals surface area contributed by atoms with Gasteiger partial charge in [0.25, 0.3) is 5.56 Å². The van der Waals surface area contributed by atoms with Gasteiger partial charge in [0.15, 0.2) is 0 Å². The average Bonchev–Trinajstić information content (AvgIpc) is 2.62. The van der Waals surface area contributed by atoms with E-state index < -0.39 is 0 Å². The number of rotatable bonds is 3. The quantitative estimate of drug-likeness (QED) is 0.771. The smallest absolute Gasteiger partial charge is 0.260 e. The van der Waals surface area contributed by atoms with Crippen molar-refractivity contribution in [2.45, 2.75) is 25.8 Å². The molecule has 0 aliphatic carbocycles. The van der Waals surface area contributed by atoms with Gasteiger partial charge in [-0.15, -0.1) is 0 Å². The van der Waals surface area contributed by atoms with Crippen molar-refractivity contribution in [3.63, 3.8) is 0 Å². The number of anilines is 2. The summed E-state index contributed by atoms with van der Waals surface area (Å²) in [4.78, 5) is 22.0. The number of nitrogens with one attached hydrogen (secondary N) is 2. The molecule has 0 bridgehead atoms. The van der Waals surface area contributed by atoms with Crippen molar-refractivity contribution in [1.82, 2.24) is 9.97 Å². The molecule has 0 saturated carbocycles. The maximum absolute atomic E-state index is 12.2. The highest BCUT2D eigenvalue weighted by atomic mass is 16.1. The maximum Gasteiger partial charge on any atom is 0.260 e. The van der Waals surface area contributed by atoms with E-state index in [0.717, 1.165) is 31.4 Å². The third kappa shape index (κ3) is 3.36. The summed E-state index contributed by atoms with van der Waals surface area (Å²) < 4.78 is 0. The zero-order valence-corrected chi connectivity index (χ0v) is 14.3. The Morgan fingerprint density at radius 2 is 1.92 bits per heavy atom. The van der Waals surface area contributed by atoms with Crippen LogP contribution in [0.3, 0.4) is 0 Å². The van der Waals surface area contributed by atoms with E-state index in [0.29, 0.717) is 17.4 Å². The van der Waals surface area contributed by atoms with Crippen molar-refractivity contribution in [3.05, 3.63) is 64.4 Å². The van der Waals surface area contributed by atoms with Crippen LogP contribution in [0.4, 0.5) is 11.6 Å². The van der Waals surface area contributed by atoms with Crippen molar-refractivity contribution in [2.75, 3.05) is 23.3 Å². The first-order chi connectivity index (χ1) is 12.2. The lowest BCUT2D eigenvalue weighted by Crippen LogP contribution is -2.40. The molecule has 25 heavy (non-hydrogen) atoms. The van der Waals surface area contributed by atoms with Gasteiger partial charge in [0.2, 0.25) is 5.95 Å². The van der Waals surface area contributed by atoms with Gasteiger partial charge in [-0.25, -0.2) is 4.98 Å². The molecule has 0 unspecified atom stereocenters. The molecule has 2 N–H and O–H groups in total. The number of benzene rings is 2. The molecule has 5 heteroatoms. The molecule has 0 amide bonds. The number of aromatic nitrogens is 2. The molecular weight excluding hydrogens is 312 g/mol. The summed E-state index contributed by atoms with van der Waals surface area (Å²) in [5.74, 6) is 0.678. The molecular formula is C20H22N4O. The molecule has 1 saturated heterocycles. The molecule has 1 aliphatic heterocycles. The highest BCUT2D eigenvalue weighted by Gasteiger charge is 2.21. The van der Waals surface area contributed by atoms with Crippen LogP contribution < -0.4 is 15.8 Å². The Bertz CT molecular complexity index is 942. The van der Waals surface area contributed by atoms with Gasteiger partial charge in [0, 0.05) is 24.8 Å². The number of hydrogen-bond donors (Lipinski definition) is 2. The average molecular weight is 334 g/mol. The first-order valence-corrected chi connectivity index (χ1v) is 8.76. The van der Waals surface area contributed by atoms with E-state index in [1.807, 2.05) is 24.3 Å². The first kappa shape index (κ1) is 15.7. The molecule has 5 nitrogen and oxygen atoms in total. The molecule has 1 aliphatic rings. The molecule has 3 aromatic rings. The fourth-order valence-corrected chi connectivity index (χ4v) is 3.43. The van der Waals surface area contributed by atoms with Gasteiger partial charge in [0.05, 0.1) is 10.9 Å². The summed E-state index contributed by atoms with van der Waals surface area (Å²) in [5, 5.41) is 4.26. The second-order valence-electron chi connectivity index (χ2n) is 6.68. The summed E-state index contributed by atoms with van der Waals surface area (Å²) in [5.41, 5.74) is 3.12. The van der Waals surface area contributed by atoms with Crippen LogP contribution in [0.5, 0.6) is 0 Å². The number of para-hydroxylation sites is 1. The van der Waals surface area contributed by atoms with E-state index in [2.05, 4.69) is 51.4 Å². The van der Waals surface area contributed by atoms with Crippen LogP contribution in [-0.4, -0.2) is 29.1 Å². The standard InChI is InChI=1S/C20H22N4O/c1-14-5-4-6-16(13-14)21-15-9-11-24(12-10-15)20-22-18-8-3-2-7-17(18)19(25)23-20/h2-8,13,15,21H,9-12H2,1H3,(H,22,23,25). The van der Waals surface area contributed by atoms with E-state index in [-0.39, 0.29) is 5.56 Å². The molecule has 2 aromatic carbocycles. The highest BCUT2D eigenvalue weighted by molar-refractivity contribution is 5.78. The number of aromatic amines is 1. The van der Waals surface area contributed by atoms with Crippen LogP contribution in [0, 0.1) is 6.92 Å². The van der Waals surface area contributed by atoms with Crippen molar-refractivity contribution < 1.29 is 0 Å². The Morgan fingerprint density at radius 3 is 2.72 bits per heavy atom. The number of hydrogen-bond acceptors (Lipinski definition) is 4. The van der Waals surface area contributed by atoms with Gasteiger partial charge in [-0.05, 0) is 49.6 Å². The van der Waals surface area contributed by atoms with Crippen LogP contribution in [-0.2, 0) is 0 Å². The van der Waals surface area contributed by atoms with Crippen molar-refractivity contribution in [1.29, 1.82) is 0 Å². The SMILES string of the molecule is Cc1cccc(NC2CCN(c3nc4ccccc4c(=O)[nH]3)CC2)c1. The van der Waals surface area contributed by atoms with E-state index in [9.17, 15) is 4.79 Å². The number of fused-ring (bicyclic) bond motifs is 1. The van der Waals surface area contributed by atoms with Crippen molar-refractivity contribution in [2.24, 2.45) is 0 Å². The van der Waals surface area contributed by atoms with Gasteiger partial charge in [-0.1, -0.05) is 24.3 Å². The highest BCUT2D eigenvalue weighted by Crippen LogP contribution is 2.20. The van der Waals surface area contributed by atoms with Crippen LogP contribution in [0.2, 0.25) is 0 Å². The fraction of sp³-hybridized carbons (Fsp3) is 0.300. The molecule has 0 atom stereocenters. The predicted octanol–water partition coefficient (Wildman–Crippen LogP) is 3.31. The van der Waals surface area contributed by atoms with Gasteiger partial charge in [-0.2, -0.15) is 0 Å². The monoisotopic (exact) mass is 334 g/mol. The lowest BCUT2D eigenvalue weighted by molar-refractivity contribution is 0.520. The topological polar surface area (TPSA) is 61.0 Å². The second-order valence-corrected chi connectivity index (χ2v) is 6.68. The molecule has 2 heterocycles. The number of piperidine rings is 1. The zero-order chi connectivity index (χ0) is 17.2. The fourth-order valence-electron chi connectivity index (χ4n) is 3.43. The number of aryl methyl sites for hydroxylation is 1. The molecule has 128 valence electrons. The summed E-state index contributed by atoms with van der Waals surface area (Å²) in [7, 11) is 0. The van der Waals surface area contributed by atoms with Gasteiger partial charge >= 0.3 is 0 Å². The van der Waals surface area contributed by atoms with Crippen LogP contribution in [0.25, 0.3) is 10.9 Å². The number of H-pyrrole nitrogens is 1. The summed E-state index contributed by atoms with van der Waals surface area (Å²) in [6, 6.07) is 16.4. The van der Waals surface area contributed by atoms with E-state index in [4.69, 9.17) is 0 Å². The van der Waals surface area contributed by atoms with Crippen molar-refractivity contribution in [3.8, 4) is 0 Å². The first-order valence-electron chi connectivity index (χ1n) is 8.76. The summed E-state index contributed by atoms with van der Waals surface area (Å²) in [6.45, 7) is 3.87. The van der Waals surface area contributed by atoms with E-state index in [1.165, 1.54) is 11.3 Å². The predicted molar refractivity (Wildman–Crippen MR) is 102 cm³/mol. The minimum atomic E-state index is -0.0689. The Labute approximate surface area is 146 Å². The van der Waals surface area contributed by atoms with Crippen LogP contribution in [0.1, 0.15) is 18.4 Å². The van der Waals surface area contributed by atoms with Gasteiger partial charge in [0.1, 0.15) is 0 Å². The van der Waals surface area contributed by atoms with E-state index >= 15 is 0 Å². The zero-order valence-electron chi connectivity index (χ0n) is 14.3. The van der Waals surface area contributed by atoms with Gasteiger partial charge in [-0.3, -0.25) is 9.78 Å². The minimum absolute atomic E-state index is 0.0689. The minimum Gasteiger partial charge on any atom is -0.382 e. The molecule has 0 radical (unpaired) electrons. The lowest BCUT2D eigenvalue weighted by atomic mass is 10.0. The Morgan fingerprint density at radius 1 is 1.12 bits per heavy atom. The summed E-state index contributed by atoms with van der Waals surface area (Å²) in [6.07, 6.45) is 2.04. The summed E-state index contributed by atoms with van der Waals surface area (Å²) >= 11 is 0. The van der Waals surface area contributed by atoms with E-state index in [1.54, 1.807) is 0 Å². The van der Waals surface area contributed by atoms with Gasteiger partial charge < -0.3 is 10.2 Å². The second kappa shape index (κ2) is 6.59. The molecule has 4 rings (SSSR count). The normalized spacial score (nSPS) is 15.5. The third-order valence-corrected chi connectivity index (χ3v) is 4.78. The third-order valence-electron chi connectivity index (χ3n) is 4.78. The van der Waals surface area contributed by atoms with Crippen LogP contribution >= 0.6 is 0 Å². The molecule has 0 spiro atoms.